The van der Waals surface area contributed by atoms with Crippen molar-refractivity contribution in [2.24, 2.45) is 5.92 Å². The third kappa shape index (κ3) is 3.19. The normalized spacial score (nSPS) is 20.1. The topological polar surface area (TPSA) is 12.0 Å². The van der Waals surface area contributed by atoms with E-state index < -0.39 is 0 Å². The Morgan fingerprint density at radius 1 is 1.30 bits per heavy atom. The molecule has 0 radical (unpaired) electrons. The highest BCUT2D eigenvalue weighted by Gasteiger charge is 2.13. The lowest BCUT2D eigenvalue weighted by Gasteiger charge is -2.08. The Hall–Kier alpha value is 0.690. The summed E-state index contributed by atoms with van der Waals surface area (Å²) < 4.78 is 1.24. The van der Waals surface area contributed by atoms with E-state index >= 15 is 0 Å². The van der Waals surface area contributed by atoms with Gasteiger partial charge in [0.15, 0.2) is 0 Å². The molecule has 1 aliphatic carbocycles. The van der Waals surface area contributed by atoms with Crippen molar-refractivity contribution >= 4 is 22.6 Å². The fraction of sp³-hybridized carbons (Fsp3) is 1.00. The molecule has 0 amide bonds. The molecule has 0 bridgehead atoms. The van der Waals surface area contributed by atoms with Crippen molar-refractivity contribution in [3.05, 3.63) is 0 Å². The van der Waals surface area contributed by atoms with Gasteiger partial charge in [0.05, 0.1) is 0 Å². The van der Waals surface area contributed by atoms with Crippen molar-refractivity contribution in [1.82, 2.24) is 5.32 Å². The second-order valence-electron chi connectivity index (χ2n) is 3.04. The predicted octanol–water partition coefficient (Wildman–Crippen LogP) is 2.20. The van der Waals surface area contributed by atoms with Crippen LogP contribution in [0.2, 0.25) is 0 Å². The molecule has 0 aliphatic heterocycles. The van der Waals surface area contributed by atoms with Crippen LogP contribution in [0.3, 0.4) is 0 Å². The van der Waals surface area contributed by atoms with Gasteiger partial charge in [-0.25, -0.2) is 0 Å². The molecular weight excluding hydrogens is 237 g/mol. The van der Waals surface area contributed by atoms with Crippen LogP contribution in [0.25, 0.3) is 0 Å². The van der Waals surface area contributed by atoms with Gasteiger partial charge in [-0.1, -0.05) is 35.4 Å². The lowest BCUT2D eigenvalue weighted by atomic mass is 10.1. The smallest absolute Gasteiger partial charge is 0.0121 e. The quantitative estimate of drug-likeness (QED) is 0.460. The number of rotatable bonds is 4. The standard InChI is InChI=1S/C8H16IN/c9-5-6-10-7-8-3-1-2-4-8/h8,10H,1-7H2. The summed E-state index contributed by atoms with van der Waals surface area (Å²) in [6, 6.07) is 0. The number of nitrogens with one attached hydrogen (secondary N) is 1. The average Bonchev–Trinajstić information content (AvgIpc) is 2.41. The molecule has 1 nitrogen and oxygen atoms in total. The molecule has 0 aromatic rings. The van der Waals surface area contributed by atoms with Gasteiger partial charge >= 0.3 is 0 Å². The number of hydrogen-bond donors (Lipinski definition) is 1. The molecule has 0 aromatic heterocycles. The second kappa shape index (κ2) is 5.35. The largest absolute Gasteiger partial charge is 0.316 e. The molecule has 1 aliphatic rings. The van der Waals surface area contributed by atoms with E-state index in [9.17, 15) is 0 Å². The van der Waals surface area contributed by atoms with Crippen molar-refractivity contribution in [3.63, 3.8) is 0 Å². The molecule has 1 N–H and O–H groups in total. The maximum Gasteiger partial charge on any atom is 0.0121 e. The van der Waals surface area contributed by atoms with Crippen LogP contribution < -0.4 is 5.32 Å². The van der Waals surface area contributed by atoms with Crippen LogP contribution in [0.1, 0.15) is 25.7 Å². The molecule has 0 saturated heterocycles. The first-order chi connectivity index (χ1) is 4.93. The van der Waals surface area contributed by atoms with Crippen molar-refractivity contribution < 1.29 is 0 Å². The minimum Gasteiger partial charge on any atom is -0.316 e. The molecule has 0 heterocycles. The maximum absolute atomic E-state index is 3.47. The molecule has 10 heavy (non-hydrogen) atoms. The van der Waals surface area contributed by atoms with Gasteiger partial charge in [0.1, 0.15) is 0 Å². The second-order valence-corrected chi connectivity index (χ2v) is 4.12. The highest BCUT2D eigenvalue weighted by molar-refractivity contribution is 14.1. The van der Waals surface area contributed by atoms with Crippen LogP contribution in [0.4, 0.5) is 0 Å². The molecule has 0 spiro atoms. The molecule has 0 unspecified atom stereocenters. The third-order valence-corrected chi connectivity index (χ3v) is 2.72. The van der Waals surface area contributed by atoms with E-state index in [-0.39, 0.29) is 0 Å². The van der Waals surface area contributed by atoms with Crippen molar-refractivity contribution in [2.45, 2.75) is 25.7 Å². The minimum absolute atomic E-state index is 1.00. The van der Waals surface area contributed by atoms with Gasteiger partial charge in [0.2, 0.25) is 0 Å². The molecule has 1 saturated carbocycles. The van der Waals surface area contributed by atoms with Crippen LogP contribution in [0.5, 0.6) is 0 Å². The van der Waals surface area contributed by atoms with Crippen molar-refractivity contribution in [3.8, 4) is 0 Å². The van der Waals surface area contributed by atoms with Crippen molar-refractivity contribution in [1.29, 1.82) is 0 Å². The minimum atomic E-state index is 1.00. The summed E-state index contributed by atoms with van der Waals surface area (Å²) in [7, 11) is 0. The first kappa shape index (κ1) is 8.78. The van der Waals surface area contributed by atoms with E-state index in [1.54, 1.807) is 0 Å². The molecule has 0 atom stereocenters. The van der Waals surface area contributed by atoms with Gasteiger partial charge in [-0.2, -0.15) is 0 Å². The molecule has 0 aromatic carbocycles. The van der Waals surface area contributed by atoms with Crippen LogP contribution >= 0.6 is 22.6 Å². The summed E-state index contributed by atoms with van der Waals surface area (Å²) in [4.78, 5) is 0. The van der Waals surface area contributed by atoms with Crippen molar-refractivity contribution in [2.75, 3.05) is 17.5 Å². The summed E-state index contributed by atoms with van der Waals surface area (Å²) in [5, 5.41) is 3.47. The molecular formula is C8H16IN. The Balaban J connectivity index is 1.91. The number of halogens is 1. The van der Waals surface area contributed by atoms with Gasteiger partial charge < -0.3 is 5.32 Å². The summed E-state index contributed by atoms with van der Waals surface area (Å²) in [5.41, 5.74) is 0. The van der Waals surface area contributed by atoms with Crippen LogP contribution in [-0.2, 0) is 0 Å². The fourth-order valence-electron chi connectivity index (χ4n) is 1.59. The highest BCUT2D eigenvalue weighted by atomic mass is 127. The maximum atomic E-state index is 3.47. The van der Waals surface area contributed by atoms with Crippen LogP contribution in [0.15, 0.2) is 0 Å². The van der Waals surface area contributed by atoms with E-state index in [4.69, 9.17) is 0 Å². The van der Waals surface area contributed by atoms with E-state index in [1.165, 1.54) is 43.2 Å². The summed E-state index contributed by atoms with van der Waals surface area (Å²) >= 11 is 2.41. The Bertz CT molecular complexity index is 79.3. The zero-order valence-corrected chi connectivity index (χ0v) is 8.56. The Kier molecular flexibility index (Phi) is 4.70. The van der Waals surface area contributed by atoms with Gasteiger partial charge in [0.25, 0.3) is 0 Å². The van der Waals surface area contributed by atoms with E-state index in [0.29, 0.717) is 0 Å². The summed E-state index contributed by atoms with van der Waals surface area (Å²) in [6.45, 7) is 2.46. The van der Waals surface area contributed by atoms with Crippen LogP contribution in [-0.4, -0.2) is 17.5 Å². The Morgan fingerprint density at radius 2 is 2.00 bits per heavy atom. The zero-order chi connectivity index (χ0) is 7.23. The Labute approximate surface area is 77.1 Å². The first-order valence-electron chi connectivity index (χ1n) is 4.20. The van der Waals surface area contributed by atoms with Gasteiger partial charge in [-0.05, 0) is 25.3 Å². The first-order valence-corrected chi connectivity index (χ1v) is 5.72. The average molecular weight is 253 g/mol. The highest BCUT2D eigenvalue weighted by Crippen LogP contribution is 2.23. The SMILES string of the molecule is ICCNCC1CCCC1. The van der Waals surface area contributed by atoms with E-state index in [1.807, 2.05) is 0 Å². The van der Waals surface area contributed by atoms with Crippen LogP contribution in [0, 0.1) is 5.92 Å². The molecule has 60 valence electrons. The monoisotopic (exact) mass is 253 g/mol. The van der Waals surface area contributed by atoms with Gasteiger partial charge in [-0.15, -0.1) is 0 Å². The predicted molar refractivity (Wildman–Crippen MR) is 53.7 cm³/mol. The summed E-state index contributed by atoms with van der Waals surface area (Å²) in [6.07, 6.45) is 5.87. The number of alkyl halides is 1. The fourth-order valence-corrected chi connectivity index (χ4v) is 1.97. The number of hydrogen-bond acceptors (Lipinski definition) is 1. The molecule has 2 heteroatoms. The lowest BCUT2D eigenvalue weighted by molar-refractivity contribution is 0.500. The zero-order valence-electron chi connectivity index (χ0n) is 6.41. The Morgan fingerprint density at radius 3 is 2.60 bits per heavy atom. The van der Waals surface area contributed by atoms with Gasteiger partial charge in [-0.3, -0.25) is 0 Å². The summed E-state index contributed by atoms with van der Waals surface area (Å²) in [5.74, 6) is 1.00. The van der Waals surface area contributed by atoms with E-state index in [2.05, 4.69) is 27.9 Å². The van der Waals surface area contributed by atoms with Gasteiger partial charge in [0, 0.05) is 11.0 Å². The lowest BCUT2D eigenvalue weighted by Crippen LogP contribution is -2.22. The van der Waals surface area contributed by atoms with E-state index in [0.717, 1.165) is 5.92 Å². The third-order valence-electron chi connectivity index (χ3n) is 2.18. The molecule has 1 fully saturated rings. The molecule has 1 rings (SSSR count).